The predicted octanol–water partition coefficient (Wildman–Crippen LogP) is 2.47. The molecule has 0 fully saturated rings. The van der Waals surface area contributed by atoms with Crippen LogP contribution in [0.3, 0.4) is 0 Å². The predicted molar refractivity (Wildman–Crippen MR) is 47.3 cm³/mol. The minimum atomic E-state index is 0.685. The van der Waals surface area contributed by atoms with Crippen molar-refractivity contribution < 1.29 is 4.74 Å². The molecule has 0 bridgehead atoms. The Labute approximate surface area is 69.4 Å². The van der Waals surface area contributed by atoms with Crippen LogP contribution in [0.5, 0.6) is 0 Å². The van der Waals surface area contributed by atoms with Gasteiger partial charge in [-0.25, -0.2) is 0 Å². The van der Waals surface area contributed by atoms with Gasteiger partial charge < -0.3 is 4.74 Å². The molecule has 0 unspecified atom stereocenters. The Kier molecular flexibility index (Phi) is 4.94. The van der Waals surface area contributed by atoms with Crippen molar-refractivity contribution in [1.82, 2.24) is 0 Å². The largest absolute Gasteiger partial charge is 0.495 e. The average molecular weight is 204 g/mol. The van der Waals surface area contributed by atoms with Crippen LogP contribution in [0, 0.1) is 0 Å². The SMILES string of the molecule is C=N/C=C(\C=C(/C)Br)OC. The Morgan fingerprint density at radius 1 is 1.70 bits per heavy atom. The highest BCUT2D eigenvalue weighted by Crippen LogP contribution is 2.08. The summed E-state index contributed by atoms with van der Waals surface area (Å²) in [7, 11) is 1.59. The average Bonchev–Trinajstić information content (AvgIpc) is 1.86. The van der Waals surface area contributed by atoms with Crippen molar-refractivity contribution in [2.75, 3.05) is 7.11 Å². The van der Waals surface area contributed by atoms with Gasteiger partial charge >= 0.3 is 0 Å². The molecule has 0 heterocycles. The van der Waals surface area contributed by atoms with E-state index in [-0.39, 0.29) is 0 Å². The minimum Gasteiger partial charge on any atom is -0.495 e. The third kappa shape index (κ3) is 4.32. The van der Waals surface area contributed by atoms with E-state index in [1.807, 2.05) is 13.0 Å². The van der Waals surface area contributed by atoms with Crippen LogP contribution >= 0.6 is 15.9 Å². The molecule has 0 aliphatic heterocycles. The molecule has 0 aromatic carbocycles. The maximum absolute atomic E-state index is 4.92. The number of ether oxygens (including phenoxy) is 1. The van der Waals surface area contributed by atoms with Crippen LogP contribution in [0.4, 0.5) is 0 Å². The second-order valence-corrected chi connectivity index (χ2v) is 2.90. The van der Waals surface area contributed by atoms with Gasteiger partial charge in [0, 0.05) is 0 Å². The Bertz CT molecular complexity index is 166. The lowest BCUT2D eigenvalue weighted by Crippen LogP contribution is -1.80. The third-order valence-corrected chi connectivity index (χ3v) is 1.02. The van der Waals surface area contributed by atoms with E-state index in [9.17, 15) is 0 Å². The van der Waals surface area contributed by atoms with Crippen LogP contribution in [-0.4, -0.2) is 13.8 Å². The van der Waals surface area contributed by atoms with Crippen molar-refractivity contribution in [3.8, 4) is 0 Å². The number of hydrogen-bond donors (Lipinski definition) is 0. The normalized spacial score (nSPS) is 13.1. The van der Waals surface area contributed by atoms with Crippen molar-refractivity contribution >= 4 is 22.6 Å². The monoisotopic (exact) mass is 203 g/mol. The van der Waals surface area contributed by atoms with E-state index in [0.717, 1.165) is 4.48 Å². The molecule has 0 rings (SSSR count). The van der Waals surface area contributed by atoms with Gasteiger partial charge in [0.25, 0.3) is 0 Å². The zero-order valence-electron chi connectivity index (χ0n) is 6.10. The second kappa shape index (κ2) is 5.23. The lowest BCUT2D eigenvalue weighted by molar-refractivity contribution is 0.305. The Morgan fingerprint density at radius 2 is 2.30 bits per heavy atom. The summed E-state index contributed by atoms with van der Waals surface area (Å²) < 4.78 is 5.91. The summed E-state index contributed by atoms with van der Waals surface area (Å²) in [5.41, 5.74) is 0. The lowest BCUT2D eigenvalue weighted by Gasteiger charge is -1.96. The quantitative estimate of drug-likeness (QED) is 0.393. The first-order valence-corrected chi connectivity index (χ1v) is 3.53. The minimum absolute atomic E-state index is 0.685. The molecular formula is C7H10BrNO. The van der Waals surface area contributed by atoms with Crippen LogP contribution in [0.1, 0.15) is 6.92 Å². The van der Waals surface area contributed by atoms with Crippen molar-refractivity contribution in [2.45, 2.75) is 6.92 Å². The summed E-state index contributed by atoms with van der Waals surface area (Å²) in [4.78, 5) is 3.56. The fourth-order valence-electron chi connectivity index (χ4n) is 0.435. The van der Waals surface area contributed by atoms with Crippen molar-refractivity contribution in [1.29, 1.82) is 0 Å². The Morgan fingerprint density at radius 3 is 2.60 bits per heavy atom. The zero-order chi connectivity index (χ0) is 7.98. The molecule has 0 aromatic rings. The first kappa shape index (κ1) is 9.43. The summed E-state index contributed by atoms with van der Waals surface area (Å²) in [6.07, 6.45) is 3.36. The van der Waals surface area contributed by atoms with Crippen LogP contribution < -0.4 is 0 Å². The highest BCUT2D eigenvalue weighted by Gasteiger charge is 1.87. The van der Waals surface area contributed by atoms with Crippen molar-refractivity contribution in [3.63, 3.8) is 0 Å². The molecule has 2 nitrogen and oxygen atoms in total. The third-order valence-electron chi connectivity index (χ3n) is 0.795. The smallest absolute Gasteiger partial charge is 0.137 e. The number of aliphatic imine (C=N–C) groups is 1. The molecule has 0 spiro atoms. The molecular weight excluding hydrogens is 194 g/mol. The highest BCUT2D eigenvalue weighted by atomic mass is 79.9. The van der Waals surface area contributed by atoms with Gasteiger partial charge in [-0.2, -0.15) is 0 Å². The maximum Gasteiger partial charge on any atom is 0.137 e. The highest BCUT2D eigenvalue weighted by molar-refractivity contribution is 9.11. The van der Waals surface area contributed by atoms with E-state index in [1.54, 1.807) is 13.3 Å². The van der Waals surface area contributed by atoms with Crippen molar-refractivity contribution in [3.05, 3.63) is 22.5 Å². The van der Waals surface area contributed by atoms with E-state index in [2.05, 4.69) is 27.6 Å². The van der Waals surface area contributed by atoms with E-state index in [1.165, 1.54) is 0 Å². The van der Waals surface area contributed by atoms with Gasteiger partial charge in [-0.05, 0) is 24.2 Å². The first-order chi connectivity index (χ1) is 4.70. The van der Waals surface area contributed by atoms with Gasteiger partial charge in [-0.15, -0.1) is 0 Å². The molecule has 0 aliphatic carbocycles. The van der Waals surface area contributed by atoms with Crippen LogP contribution in [0.2, 0.25) is 0 Å². The fraction of sp³-hybridized carbons (Fsp3) is 0.286. The standard InChI is InChI=1S/C7H10BrNO/c1-6(8)4-7(10-3)5-9-2/h4-5H,2H2,1,3H3/b6-4+,7-5+. The Balaban J connectivity index is 4.22. The molecule has 56 valence electrons. The molecule has 3 heteroatoms. The maximum atomic E-state index is 4.92. The molecule has 10 heavy (non-hydrogen) atoms. The van der Waals surface area contributed by atoms with E-state index < -0.39 is 0 Å². The molecule has 0 amide bonds. The van der Waals surface area contributed by atoms with Gasteiger partial charge in [0.2, 0.25) is 0 Å². The van der Waals surface area contributed by atoms with Gasteiger partial charge in [0.05, 0.1) is 13.3 Å². The summed E-state index contributed by atoms with van der Waals surface area (Å²) in [5.74, 6) is 0.685. The molecule has 0 saturated heterocycles. The summed E-state index contributed by atoms with van der Waals surface area (Å²) in [6.45, 7) is 5.22. The second-order valence-electron chi connectivity index (χ2n) is 1.65. The number of rotatable bonds is 3. The molecule has 0 saturated carbocycles. The van der Waals surface area contributed by atoms with Gasteiger partial charge in [0.15, 0.2) is 0 Å². The first-order valence-electron chi connectivity index (χ1n) is 2.74. The van der Waals surface area contributed by atoms with E-state index >= 15 is 0 Å². The summed E-state index contributed by atoms with van der Waals surface area (Å²) in [6, 6.07) is 0. The molecule has 0 N–H and O–H groups in total. The number of halogens is 1. The van der Waals surface area contributed by atoms with Crippen molar-refractivity contribution in [2.24, 2.45) is 4.99 Å². The van der Waals surface area contributed by atoms with E-state index in [0.29, 0.717) is 5.76 Å². The summed E-state index contributed by atoms with van der Waals surface area (Å²) in [5, 5.41) is 0. The van der Waals surface area contributed by atoms with Crippen LogP contribution in [-0.2, 0) is 4.74 Å². The van der Waals surface area contributed by atoms with Gasteiger partial charge in [0.1, 0.15) is 5.76 Å². The lowest BCUT2D eigenvalue weighted by atomic mass is 10.4. The molecule has 0 atom stereocenters. The van der Waals surface area contributed by atoms with Crippen LogP contribution in [0.15, 0.2) is 27.5 Å². The summed E-state index contributed by atoms with van der Waals surface area (Å²) >= 11 is 3.26. The van der Waals surface area contributed by atoms with Gasteiger partial charge in [-0.1, -0.05) is 15.9 Å². The molecule has 0 aliphatic rings. The number of methoxy groups -OCH3 is 1. The fourth-order valence-corrected chi connectivity index (χ4v) is 0.661. The van der Waals surface area contributed by atoms with Crippen LogP contribution in [0.25, 0.3) is 0 Å². The molecule has 0 aromatic heterocycles. The topological polar surface area (TPSA) is 21.6 Å². The molecule has 0 radical (unpaired) electrons. The van der Waals surface area contributed by atoms with E-state index in [4.69, 9.17) is 4.74 Å². The Hall–Kier alpha value is -0.570. The number of nitrogens with zero attached hydrogens (tertiary/aromatic N) is 1. The zero-order valence-corrected chi connectivity index (χ0v) is 7.68. The number of hydrogen-bond acceptors (Lipinski definition) is 2. The van der Waals surface area contributed by atoms with Gasteiger partial charge in [-0.3, -0.25) is 4.99 Å². The number of allylic oxidation sites excluding steroid dienone is 2.